The zero-order chi connectivity index (χ0) is 20.7. The zero-order valence-corrected chi connectivity index (χ0v) is 16.3. The first-order chi connectivity index (χ1) is 14.6. The fraction of sp³-hybridized carbons (Fsp3) is 0.200. The van der Waals surface area contributed by atoms with Crippen molar-refractivity contribution in [3.63, 3.8) is 0 Å². The number of nitrogens with one attached hydrogen (secondary N) is 1. The highest BCUT2D eigenvalue weighted by molar-refractivity contribution is 5.87. The number of amides is 1. The molecule has 0 radical (unpaired) electrons. The topological polar surface area (TPSA) is 75.6 Å². The predicted octanol–water partition coefficient (Wildman–Crippen LogP) is 4.45. The van der Waals surface area contributed by atoms with E-state index in [1.54, 1.807) is 12.1 Å². The van der Waals surface area contributed by atoms with Crippen molar-refractivity contribution in [2.45, 2.75) is 24.3 Å². The lowest BCUT2D eigenvalue weighted by molar-refractivity contribution is -0.145. The van der Waals surface area contributed by atoms with Gasteiger partial charge in [-0.25, -0.2) is 9.59 Å². The van der Waals surface area contributed by atoms with E-state index in [4.69, 9.17) is 4.74 Å². The van der Waals surface area contributed by atoms with Crippen molar-refractivity contribution in [1.82, 2.24) is 5.32 Å². The van der Waals surface area contributed by atoms with E-state index in [2.05, 4.69) is 17.4 Å². The summed E-state index contributed by atoms with van der Waals surface area (Å²) >= 11 is 0. The van der Waals surface area contributed by atoms with Gasteiger partial charge in [0, 0.05) is 5.92 Å². The minimum atomic E-state index is -1.45. The Bertz CT molecular complexity index is 1110. The van der Waals surface area contributed by atoms with Gasteiger partial charge in [0.05, 0.1) is 0 Å². The summed E-state index contributed by atoms with van der Waals surface area (Å²) in [4.78, 5) is 24.8. The fourth-order valence-electron chi connectivity index (χ4n) is 4.83. The van der Waals surface area contributed by atoms with Gasteiger partial charge in [0.1, 0.15) is 6.61 Å². The molecule has 0 unspecified atom stereocenters. The van der Waals surface area contributed by atoms with Crippen molar-refractivity contribution >= 4 is 12.1 Å². The number of carbonyl (C=O) groups excluding carboxylic acids is 1. The van der Waals surface area contributed by atoms with Crippen molar-refractivity contribution in [3.05, 3.63) is 95.1 Å². The largest absolute Gasteiger partial charge is 0.479 e. The quantitative estimate of drug-likeness (QED) is 0.680. The molecular formula is C25H21NO4. The van der Waals surface area contributed by atoms with Gasteiger partial charge in [0.15, 0.2) is 5.54 Å². The maximum Gasteiger partial charge on any atom is 0.408 e. The van der Waals surface area contributed by atoms with E-state index in [-0.39, 0.29) is 12.5 Å². The molecule has 3 aromatic rings. The van der Waals surface area contributed by atoms with E-state index >= 15 is 0 Å². The average molecular weight is 399 g/mol. The van der Waals surface area contributed by atoms with Crippen LogP contribution in [0.4, 0.5) is 4.79 Å². The van der Waals surface area contributed by atoms with E-state index in [1.807, 2.05) is 48.5 Å². The summed E-state index contributed by atoms with van der Waals surface area (Å²) in [5, 5.41) is 12.6. The van der Waals surface area contributed by atoms with Crippen LogP contribution in [0.2, 0.25) is 0 Å². The van der Waals surface area contributed by atoms with Crippen molar-refractivity contribution < 1.29 is 19.4 Å². The van der Waals surface area contributed by atoms with E-state index in [1.165, 1.54) is 0 Å². The lowest BCUT2D eigenvalue weighted by Crippen LogP contribution is -2.50. The Labute approximate surface area is 174 Å². The van der Waals surface area contributed by atoms with Crippen molar-refractivity contribution in [3.8, 4) is 11.1 Å². The Hall–Kier alpha value is -3.60. The molecule has 3 aromatic carbocycles. The summed E-state index contributed by atoms with van der Waals surface area (Å²) in [6.45, 7) is 0.150. The molecule has 0 fully saturated rings. The van der Waals surface area contributed by atoms with Crippen LogP contribution in [0.15, 0.2) is 72.8 Å². The first kappa shape index (κ1) is 18.4. The summed E-state index contributed by atoms with van der Waals surface area (Å²) in [5.41, 5.74) is 4.66. The number of hydrogen-bond donors (Lipinski definition) is 2. The normalized spacial score (nSPS) is 18.9. The molecular weight excluding hydrogens is 378 g/mol. The van der Waals surface area contributed by atoms with Gasteiger partial charge in [-0.15, -0.1) is 0 Å². The number of aryl methyl sites for hydroxylation is 1. The molecule has 150 valence electrons. The molecule has 5 heteroatoms. The number of aliphatic carboxylic acids is 1. The summed E-state index contributed by atoms with van der Waals surface area (Å²) in [7, 11) is 0. The standard InChI is InChI=1S/C25H21NO4/c27-23(28)25(14-13-16-7-1-6-12-22(16)25)26-24(29)30-15-21-19-10-4-2-8-17(19)18-9-3-5-11-20(18)21/h1-12,21H,13-15H2,(H,26,29)(H,27,28)/t25-/m1/s1. The molecule has 0 spiro atoms. The first-order valence-corrected chi connectivity index (χ1v) is 10.0. The number of benzene rings is 3. The lowest BCUT2D eigenvalue weighted by atomic mass is 9.92. The van der Waals surface area contributed by atoms with Crippen LogP contribution in [0.25, 0.3) is 11.1 Å². The summed E-state index contributed by atoms with van der Waals surface area (Å²) in [6, 6.07) is 23.5. The second-order valence-corrected chi connectivity index (χ2v) is 7.82. The SMILES string of the molecule is O=C(N[C@]1(C(=O)O)CCc2ccccc21)OCC1c2ccccc2-c2ccccc21. The highest BCUT2D eigenvalue weighted by Gasteiger charge is 2.47. The van der Waals surface area contributed by atoms with Gasteiger partial charge in [0.2, 0.25) is 0 Å². The number of rotatable bonds is 4. The van der Waals surface area contributed by atoms with Crippen LogP contribution in [-0.4, -0.2) is 23.8 Å². The monoisotopic (exact) mass is 399 g/mol. The average Bonchev–Trinajstić information content (AvgIpc) is 3.29. The van der Waals surface area contributed by atoms with Crippen molar-refractivity contribution in [2.24, 2.45) is 0 Å². The number of fused-ring (bicyclic) bond motifs is 4. The highest BCUT2D eigenvalue weighted by Crippen LogP contribution is 2.44. The molecule has 0 heterocycles. The van der Waals surface area contributed by atoms with Gasteiger partial charge in [-0.1, -0.05) is 72.8 Å². The van der Waals surface area contributed by atoms with Gasteiger partial charge in [-0.3, -0.25) is 0 Å². The molecule has 0 bridgehead atoms. The van der Waals surface area contributed by atoms with Crippen LogP contribution in [0.3, 0.4) is 0 Å². The Morgan fingerprint density at radius 2 is 1.53 bits per heavy atom. The molecule has 5 rings (SSSR count). The van der Waals surface area contributed by atoms with Crippen molar-refractivity contribution in [2.75, 3.05) is 6.61 Å². The maximum atomic E-state index is 12.7. The number of carboxylic acids is 1. The van der Waals surface area contributed by atoms with Gasteiger partial charge in [0.25, 0.3) is 0 Å². The molecule has 0 saturated heterocycles. The second kappa shape index (κ2) is 7.02. The zero-order valence-electron chi connectivity index (χ0n) is 16.3. The summed E-state index contributed by atoms with van der Waals surface area (Å²) in [6.07, 6.45) is 0.203. The molecule has 2 aliphatic carbocycles. The second-order valence-electron chi connectivity index (χ2n) is 7.82. The summed E-state index contributed by atoms with van der Waals surface area (Å²) < 4.78 is 5.58. The smallest absolute Gasteiger partial charge is 0.408 e. The Balaban J connectivity index is 1.37. The Morgan fingerprint density at radius 3 is 2.20 bits per heavy atom. The molecule has 2 N–H and O–H groups in total. The van der Waals surface area contributed by atoms with Crippen molar-refractivity contribution in [1.29, 1.82) is 0 Å². The van der Waals surface area contributed by atoms with Crippen LogP contribution in [0, 0.1) is 0 Å². The highest BCUT2D eigenvalue weighted by atomic mass is 16.5. The minimum Gasteiger partial charge on any atom is -0.479 e. The molecule has 1 amide bonds. The van der Waals surface area contributed by atoms with Gasteiger partial charge in [-0.2, -0.15) is 0 Å². The van der Waals surface area contributed by atoms with Crippen LogP contribution < -0.4 is 5.32 Å². The predicted molar refractivity (Wildman–Crippen MR) is 112 cm³/mol. The van der Waals surface area contributed by atoms with Gasteiger partial charge >= 0.3 is 12.1 Å². The number of hydrogen-bond acceptors (Lipinski definition) is 3. The minimum absolute atomic E-state index is 0.0696. The molecule has 1 atom stereocenters. The molecule has 30 heavy (non-hydrogen) atoms. The third-order valence-electron chi connectivity index (χ3n) is 6.27. The van der Waals surface area contributed by atoms with Crippen LogP contribution >= 0.6 is 0 Å². The Kier molecular flexibility index (Phi) is 4.31. The van der Waals surface area contributed by atoms with Crippen LogP contribution in [0.5, 0.6) is 0 Å². The fourth-order valence-corrected chi connectivity index (χ4v) is 4.83. The first-order valence-electron chi connectivity index (χ1n) is 10.0. The number of carbonyl (C=O) groups is 2. The number of ether oxygens (including phenoxy) is 1. The summed E-state index contributed by atoms with van der Waals surface area (Å²) in [5.74, 6) is -1.14. The van der Waals surface area contributed by atoms with Gasteiger partial charge < -0.3 is 15.2 Å². The molecule has 0 saturated carbocycles. The van der Waals surface area contributed by atoms with E-state index in [0.29, 0.717) is 18.4 Å². The van der Waals surface area contributed by atoms with E-state index in [0.717, 1.165) is 27.8 Å². The van der Waals surface area contributed by atoms with E-state index in [9.17, 15) is 14.7 Å². The number of alkyl carbamates (subject to hydrolysis) is 1. The van der Waals surface area contributed by atoms with Crippen LogP contribution in [0.1, 0.15) is 34.6 Å². The number of carboxylic acid groups (broad SMARTS) is 1. The maximum absolute atomic E-state index is 12.7. The third-order valence-corrected chi connectivity index (χ3v) is 6.27. The molecule has 2 aliphatic rings. The molecule has 5 nitrogen and oxygen atoms in total. The van der Waals surface area contributed by atoms with E-state index < -0.39 is 17.6 Å². The lowest BCUT2D eigenvalue weighted by Gasteiger charge is -2.27. The van der Waals surface area contributed by atoms with Gasteiger partial charge in [-0.05, 0) is 46.2 Å². The third kappa shape index (κ3) is 2.77. The molecule has 0 aromatic heterocycles. The molecule has 0 aliphatic heterocycles. The van der Waals surface area contributed by atoms with Crippen LogP contribution in [-0.2, 0) is 21.5 Å². The Morgan fingerprint density at radius 1 is 0.933 bits per heavy atom.